The third kappa shape index (κ3) is 5.05. The zero-order valence-electron chi connectivity index (χ0n) is 12.7. The molecule has 2 N–H and O–H groups in total. The fourth-order valence-corrected chi connectivity index (χ4v) is 2.52. The number of carbonyl (C=O) groups excluding carboxylic acids is 2. The Hall–Kier alpha value is -2.42. The number of methoxy groups -OCH3 is 1. The molecule has 0 aliphatic carbocycles. The van der Waals surface area contributed by atoms with E-state index in [-0.39, 0.29) is 5.82 Å². The van der Waals surface area contributed by atoms with E-state index in [1.54, 1.807) is 25.3 Å². The summed E-state index contributed by atoms with van der Waals surface area (Å²) in [7, 11) is 1.55. The highest BCUT2D eigenvalue weighted by Gasteiger charge is 2.09. The summed E-state index contributed by atoms with van der Waals surface area (Å²) in [5.41, 5.74) is 5.65. The summed E-state index contributed by atoms with van der Waals surface area (Å²) < 4.78 is 18.7. The van der Waals surface area contributed by atoms with Crippen LogP contribution in [0.15, 0.2) is 48.5 Å². The second kappa shape index (κ2) is 8.44. The van der Waals surface area contributed by atoms with E-state index in [9.17, 15) is 14.0 Å². The number of carbonyl (C=O) groups is 2. The van der Waals surface area contributed by atoms with Crippen molar-refractivity contribution in [1.82, 2.24) is 10.9 Å². The highest BCUT2D eigenvalue weighted by atomic mass is 127. The van der Waals surface area contributed by atoms with Crippen LogP contribution in [0.5, 0.6) is 5.75 Å². The van der Waals surface area contributed by atoms with Crippen molar-refractivity contribution in [2.45, 2.75) is 0 Å². The molecule has 2 rings (SSSR count). The molecular formula is C17H14FIN2O3. The number of rotatable bonds is 4. The van der Waals surface area contributed by atoms with Gasteiger partial charge in [-0.1, -0.05) is 12.1 Å². The zero-order chi connectivity index (χ0) is 17.5. The largest absolute Gasteiger partial charge is 0.496 e. The summed E-state index contributed by atoms with van der Waals surface area (Å²) in [5.74, 6) is -0.633. The van der Waals surface area contributed by atoms with E-state index < -0.39 is 11.8 Å². The van der Waals surface area contributed by atoms with Gasteiger partial charge in [-0.25, -0.2) is 4.39 Å². The second-order valence-corrected chi connectivity index (χ2v) is 5.84. The molecule has 0 atom stereocenters. The molecular weight excluding hydrogens is 426 g/mol. The van der Waals surface area contributed by atoms with Crippen LogP contribution in [0, 0.1) is 9.39 Å². The summed E-state index contributed by atoms with van der Waals surface area (Å²) in [6, 6.07) is 10.6. The minimum absolute atomic E-state index is 0.349. The maximum Gasteiger partial charge on any atom is 0.269 e. The van der Waals surface area contributed by atoms with Crippen molar-refractivity contribution in [3.63, 3.8) is 0 Å². The molecule has 0 fully saturated rings. The van der Waals surface area contributed by atoms with Crippen molar-refractivity contribution >= 4 is 40.5 Å². The monoisotopic (exact) mass is 440 g/mol. The molecule has 0 bridgehead atoms. The number of ether oxygens (including phenoxy) is 1. The normalized spacial score (nSPS) is 10.5. The molecule has 0 radical (unpaired) electrons. The van der Waals surface area contributed by atoms with Crippen LogP contribution in [0.4, 0.5) is 4.39 Å². The first kappa shape index (κ1) is 17.9. The first-order valence-corrected chi connectivity index (χ1v) is 7.95. The molecule has 124 valence electrons. The van der Waals surface area contributed by atoms with Crippen molar-refractivity contribution in [3.05, 3.63) is 69.1 Å². The number of halogens is 2. The lowest BCUT2D eigenvalue weighted by molar-refractivity contribution is -0.117. The summed E-state index contributed by atoms with van der Waals surface area (Å²) in [4.78, 5) is 23.7. The summed E-state index contributed by atoms with van der Waals surface area (Å²) >= 11 is 2.05. The van der Waals surface area contributed by atoms with Gasteiger partial charge in [0.1, 0.15) is 11.6 Å². The zero-order valence-corrected chi connectivity index (χ0v) is 14.8. The van der Waals surface area contributed by atoms with Crippen molar-refractivity contribution in [1.29, 1.82) is 0 Å². The van der Waals surface area contributed by atoms with Crippen LogP contribution in [0.2, 0.25) is 0 Å². The highest BCUT2D eigenvalue weighted by Crippen LogP contribution is 2.21. The second-order valence-electron chi connectivity index (χ2n) is 4.68. The van der Waals surface area contributed by atoms with Crippen molar-refractivity contribution in [3.8, 4) is 5.75 Å². The molecule has 0 unspecified atom stereocenters. The molecule has 0 aromatic heterocycles. The third-order valence-electron chi connectivity index (χ3n) is 3.01. The first-order valence-electron chi connectivity index (χ1n) is 6.87. The molecule has 7 heteroatoms. The minimum atomic E-state index is -0.504. The molecule has 5 nitrogen and oxygen atoms in total. The van der Waals surface area contributed by atoms with E-state index in [4.69, 9.17) is 4.74 Å². The Bertz CT molecular complexity index is 776. The lowest BCUT2D eigenvalue weighted by Gasteiger charge is -2.07. The Morgan fingerprint density at radius 2 is 1.83 bits per heavy atom. The van der Waals surface area contributed by atoms with E-state index in [1.165, 1.54) is 36.4 Å². The summed E-state index contributed by atoms with van der Waals surface area (Å²) in [5, 5.41) is 0. The number of benzene rings is 2. The SMILES string of the molecule is COc1ccc(C(=O)NNC(=O)/C=C/c2ccc(F)cc2)cc1I. The predicted molar refractivity (Wildman–Crippen MR) is 96.8 cm³/mol. The van der Waals surface area contributed by atoms with Crippen LogP contribution in [0.3, 0.4) is 0 Å². The molecule has 0 heterocycles. The van der Waals surface area contributed by atoms with Crippen molar-refractivity contribution in [2.75, 3.05) is 7.11 Å². The molecule has 0 saturated heterocycles. The van der Waals surface area contributed by atoms with E-state index in [0.717, 1.165) is 3.57 Å². The molecule has 2 aromatic rings. The van der Waals surface area contributed by atoms with Gasteiger partial charge in [0.15, 0.2) is 0 Å². The fraction of sp³-hybridized carbons (Fsp3) is 0.0588. The first-order chi connectivity index (χ1) is 11.5. The lowest BCUT2D eigenvalue weighted by Crippen LogP contribution is -2.40. The summed E-state index contributed by atoms with van der Waals surface area (Å²) in [6.45, 7) is 0. The molecule has 2 amide bonds. The lowest BCUT2D eigenvalue weighted by atomic mass is 10.2. The maximum atomic E-state index is 12.8. The van der Waals surface area contributed by atoms with E-state index in [2.05, 4.69) is 33.4 Å². The Morgan fingerprint density at radius 3 is 2.46 bits per heavy atom. The van der Waals surface area contributed by atoms with Gasteiger partial charge in [-0.15, -0.1) is 0 Å². The van der Waals surface area contributed by atoms with Crippen LogP contribution in [-0.2, 0) is 4.79 Å². The number of hydrogen-bond donors (Lipinski definition) is 2. The van der Waals surface area contributed by atoms with Gasteiger partial charge < -0.3 is 4.74 Å². The molecule has 0 aliphatic heterocycles. The number of hydrazine groups is 1. The van der Waals surface area contributed by atoms with Crippen LogP contribution in [-0.4, -0.2) is 18.9 Å². The average Bonchev–Trinajstić information content (AvgIpc) is 2.59. The number of amides is 2. The van der Waals surface area contributed by atoms with E-state index in [0.29, 0.717) is 16.9 Å². The third-order valence-corrected chi connectivity index (χ3v) is 3.85. The standard InChI is InChI=1S/C17H14FIN2O3/c1-24-15-8-5-12(10-14(15)19)17(23)21-20-16(22)9-4-11-2-6-13(18)7-3-11/h2-10H,1H3,(H,20,22)(H,21,23)/b9-4+. The smallest absolute Gasteiger partial charge is 0.269 e. The molecule has 0 spiro atoms. The summed E-state index contributed by atoms with van der Waals surface area (Å²) in [6.07, 6.45) is 2.75. The fourth-order valence-electron chi connectivity index (χ4n) is 1.79. The molecule has 0 aliphatic rings. The minimum Gasteiger partial charge on any atom is -0.496 e. The van der Waals surface area contributed by atoms with Gasteiger partial charge in [0.05, 0.1) is 10.7 Å². The van der Waals surface area contributed by atoms with Crippen molar-refractivity contribution < 1.29 is 18.7 Å². The number of hydrogen-bond acceptors (Lipinski definition) is 3. The molecule has 24 heavy (non-hydrogen) atoms. The maximum absolute atomic E-state index is 12.8. The average molecular weight is 440 g/mol. The number of nitrogens with one attached hydrogen (secondary N) is 2. The van der Waals surface area contributed by atoms with Crippen LogP contribution in [0.25, 0.3) is 6.08 Å². The molecule has 0 saturated carbocycles. The molecule has 2 aromatic carbocycles. The van der Waals surface area contributed by atoms with Gasteiger partial charge in [0, 0.05) is 11.6 Å². The van der Waals surface area contributed by atoms with Crippen LogP contribution in [0.1, 0.15) is 15.9 Å². The Morgan fingerprint density at radius 1 is 1.12 bits per heavy atom. The van der Waals surface area contributed by atoms with E-state index >= 15 is 0 Å². The van der Waals surface area contributed by atoms with Gasteiger partial charge in [-0.2, -0.15) is 0 Å². The Labute approximate surface area is 152 Å². The Balaban J connectivity index is 1.90. The van der Waals surface area contributed by atoms with E-state index in [1.807, 2.05) is 0 Å². The highest BCUT2D eigenvalue weighted by molar-refractivity contribution is 14.1. The quantitative estimate of drug-likeness (QED) is 0.437. The van der Waals surface area contributed by atoms with Gasteiger partial charge in [-0.3, -0.25) is 20.4 Å². The van der Waals surface area contributed by atoms with Gasteiger partial charge in [0.25, 0.3) is 11.8 Å². The van der Waals surface area contributed by atoms with Gasteiger partial charge >= 0.3 is 0 Å². The Kier molecular flexibility index (Phi) is 6.30. The van der Waals surface area contributed by atoms with Crippen LogP contribution < -0.4 is 15.6 Å². The van der Waals surface area contributed by atoms with Crippen LogP contribution >= 0.6 is 22.6 Å². The van der Waals surface area contributed by atoms with Gasteiger partial charge in [-0.05, 0) is 64.6 Å². The van der Waals surface area contributed by atoms with Crippen molar-refractivity contribution in [2.24, 2.45) is 0 Å². The van der Waals surface area contributed by atoms with Gasteiger partial charge in [0.2, 0.25) is 0 Å². The topological polar surface area (TPSA) is 67.4 Å². The predicted octanol–water partition coefficient (Wildman–Crippen LogP) is 2.91.